The Balaban J connectivity index is 1.97. The summed E-state index contributed by atoms with van der Waals surface area (Å²) in [6, 6.07) is 0. The molecule has 0 spiro atoms. The maximum absolute atomic E-state index is 5.18. The zero-order valence-electron chi connectivity index (χ0n) is 5.30. The number of piperidine rings is 1. The third-order valence-corrected chi connectivity index (χ3v) is 1.71. The van der Waals surface area contributed by atoms with E-state index < -0.39 is 0 Å². The van der Waals surface area contributed by atoms with Gasteiger partial charge in [-0.15, -0.1) is 0 Å². The molecule has 2 aliphatic rings. The predicted molar refractivity (Wildman–Crippen MR) is 30.8 cm³/mol. The Hall–Kier alpha value is -0.120. The van der Waals surface area contributed by atoms with Gasteiger partial charge in [-0.25, -0.2) is 0 Å². The zero-order valence-corrected chi connectivity index (χ0v) is 5.30. The molecule has 51 valence electrons. The Morgan fingerprint density at radius 3 is 3.22 bits per heavy atom. The first kappa shape index (κ1) is 5.65. The van der Waals surface area contributed by atoms with Gasteiger partial charge in [0.15, 0.2) is 13.0 Å². The van der Waals surface area contributed by atoms with E-state index in [0.717, 1.165) is 19.2 Å². The molecule has 0 aromatic carbocycles. The fourth-order valence-electron chi connectivity index (χ4n) is 1.22. The highest BCUT2D eigenvalue weighted by Crippen LogP contribution is 2.28. The first-order chi connectivity index (χ1) is 4.47. The van der Waals surface area contributed by atoms with Crippen molar-refractivity contribution >= 4 is 0 Å². The molecule has 0 unspecified atom stereocenters. The largest absolute Gasteiger partial charge is 0.326 e. The molecule has 3 nitrogen and oxygen atoms in total. The van der Waals surface area contributed by atoms with Crippen molar-refractivity contribution in [1.29, 1.82) is 0 Å². The molecule has 9 heavy (non-hydrogen) atoms. The van der Waals surface area contributed by atoms with Gasteiger partial charge in [-0.1, -0.05) is 0 Å². The molecule has 2 saturated heterocycles. The molecule has 0 aromatic rings. The van der Waals surface area contributed by atoms with Crippen LogP contribution in [0.1, 0.15) is 19.3 Å². The smallest absolute Gasteiger partial charge is 0.191 e. The van der Waals surface area contributed by atoms with E-state index in [1.54, 1.807) is 0 Å². The van der Waals surface area contributed by atoms with Gasteiger partial charge in [0, 0.05) is 6.54 Å². The molecule has 0 atom stereocenters. The maximum atomic E-state index is 5.18. The topological polar surface area (TPSA) is 21.7 Å². The van der Waals surface area contributed by atoms with Crippen molar-refractivity contribution in [3.63, 3.8) is 0 Å². The molecule has 0 bridgehead atoms. The summed E-state index contributed by atoms with van der Waals surface area (Å²) < 4.78 is 5.18. The molecular formula is C6H10NO2. The number of hydroxylamine groups is 2. The first-order valence-corrected chi connectivity index (χ1v) is 3.36. The molecule has 0 saturated carbocycles. The highest BCUT2D eigenvalue weighted by Gasteiger charge is 2.30. The standard InChI is InChI=1S/C6H10NO2/c1-2-4-7-6(3-1)8-5-9-7/h1-5H2. The second-order valence-electron chi connectivity index (χ2n) is 2.34. The van der Waals surface area contributed by atoms with Crippen LogP contribution < -0.4 is 0 Å². The summed E-state index contributed by atoms with van der Waals surface area (Å²) in [4.78, 5) is 5.13. The van der Waals surface area contributed by atoms with Crippen LogP contribution in [0.2, 0.25) is 0 Å². The third kappa shape index (κ3) is 0.956. The lowest BCUT2D eigenvalue weighted by Crippen LogP contribution is -2.27. The van der Waals surface area contributed by atoms with Crippen LogP contribution in [-0.2, 0) is 9.57 Å². The monoisotopic (exact) mass is 128 g/mol. The van der Waals surface area contributed by atoms with Gasteiger partial charge in [0.05, 0.1) is 0 Å². The quantitative estimate of drug-likeness (QED) is 0.483. The molecule has 3 heteroatoms. The Bertz CT molecular complexity index is 95.2. The van der Waals surface area contributed by atoms with Crippen LogP contribution in [0.5, 0.6) is 0 Å². The van der Waals surface area contributed by atoms with E-state index in [4.69, 9.17) is 9.57 Å². The summed E-state index contributed by atoms with van der Waals surface area (Å²) in [7, 11) is 0. The van der Waals surface area contributed by atoms with Gasteiger partial charge in [0.1, 0.15) is 0 Å². The fraction of sp³-hybridized carbons (Fsp3) is 0.833. The van der Waals surface area contributed by atoms with Gasteiger partial charge in [-0.2, -0.15) is 5.06 Å². The summed E-state index contributed by atoms with van der Waals surface area (Å²) >= 11 is 0. The Kier molecular flexibility index (Phi) is 1.41. The minimum Gasteiger partial charge on any atom is -0.326 e. The van der Waals surface area contributed by atoms with E-state index in [1.807, 2.05) is 5.06 Å². The van der Waals surface area contributed by atoms with Crippen molar-refractivity contribution in [3.05, 3.63) is 6.23 Å². The molecule has 0 aliphatic carbocycles. The molecule has 0 N–H and O–H groups in total. The Morgan fingerprint density at radius 2 is 2.33 bits per heavy atom. The van der Waals surface area contributed by atoms with Crippen LogP contribution in [0, 0.1) is 6.23 Å². The lowest BCUT2D eigenvalue weighted by atomic mass is 10.1. The summed E-state index contributed by atoms with van der Waals surface area (Å²) in [6.07, 6.45) is 4.56. The van der Waals surface area contributed by atoms with E-state index in [-0.39, 0.29) is 0 Å². The SMILES string of the molecule is C1CCN2OCO[C]2C1. The van der Waals surface area contributed by atoms with E-state index in [1.165, 1.54) is 12.8 Å². The lowest BCUT2D eigenvalue weighted by Gasteiger charge is -2.23. The summed E-state index contributed by atoms with van der Waals surface area (Å²) in [5.74, 6) is 0. The molecule has 0 amide bonds. The molecule has 2 rings (SSSR count). The summed E-state index contributed by atoms with van der Waals surface area (Å²) in [6.45, 7) is 1.44. The van der Waals surface area contributed by atoms with Crippen molar-refractivity contribution < 1.29 is 9.57 Å². The van der Waals surface area contributed by atoms with Gasteiger partial charge >= 0.3 is 0 Å². The van der Waals surface area contributed by atoms with E-state index >= 15 is 0 Å². The number of hydrogen-bond donors (Lipinski definition) is 0. The Morgan fingerprint density at radius 1 is 1.33 bits per heavy atom. The zero-order chi connectivity index (χ0) is 6.10. The molecular weight excluding hydrogens is 118 g/mol. The van der Waals surface area contributed by atoms with Gasteiger partial charge in [-0.05, 0) is 19.3 Å². The fourth-order valence-corrected chi connectivity index (χ4v) is 1.22. The second kappa shape index (κ2) is 2.25. The number of ether oxygens (including phenoxy) is 1. The van der Waals surface area contributed by atoms with Crippen LogP contribution >= 0.6 is 0 Å². The third-order valence-electron chi connectivity index (χ3n) is 1.71. The van der Waals surface area contributed by atoms with Crippen molar-refractivity contribution in [3.8, 4) is 0 Å². The summed E-state index contributed by atoms with van der Waals surface area (Å²) in [5.41, 5.74) is 0. The Labute approximate surface area is 54.5 Å². The minimum absolute atomic E-state index is 0.426. The summed E-state index contributed by atoms with van der Waals surface area (Å²) in [5, 5.41) is 1.86. The van der Waals surface area contributed by atoms with Gasteiger partial charge in [0.2, 0.25) is 0 Å². The van der Waals surface area contributed by atoms with Crippen molar-refractivity contribution in [1.82, 2.24) is 5.06 Å². The molecule has 2 fully saturated rings. The first-order valence-electron chi connectivity index (χ1n) is 3.36. The number of fused-ring (bicyclic) bond motifs is 1. The normalized spacial score (nSPS) is 30.7. The van der Waals surface area contributed by atoms with E-state index in [9.17, 15) is 0 Å². The van der Waals surface area contributed by atoms with Crippen molar-refractivity contribution in [2.45, 2.75) is 19.3 Å². The van der Waals surface area contributed by atoms with Crippen molar-refractivity contribution in [2.75, 3.05) is 13.3 Å². The van der Waals surface area contributed by atoms with Crippen LogP contribution in [0.4, 0.5) is 0 Å². The van der Waals surface area contributed by atoms with Gasteiger partial charge < -0.3 is 4.74 Å². The predicted octanol–water partition coefficient (Wildman–Crippen LogP) is 0.881. The number of nitrogens with zero attached hydrogens (tertiary/aromatic N) is 1. The second-order valence-corrected chi connectivity index (χ2v) is 2.34. The van der Waals surface area contributed by atoms with E-state index in [0.29, 0.717) is 6.79 Å². The van der Waals surface area contributed by atoms with E-state index in [2.05, 4.69) is 0 Å². The highest BCUT2D eigenvalue weighted by atomic mass is 16.8. The van der Waals surface area contributed by atoms with Gasteiger partial charge in [-0.3, -0.25) is 4.84 Å². The number of rotatable bonds is 0. The van der Waals surface area contributed by atoms with Crippen molar-refractivity contribution in [2.24, 2.45) is 0 Å². The van der Waals surface area contributed by atoms with Crippen LogP contribution in [0.25, 0.3) is 0 Å². The minimum atomic E-state index is 0.426. The molecule has 0 aromatic heterocycles. The maximum Gasteiger partial charge on any atom is 0.191 e. The molecule has 2 aliphatic heterocycles. The average molecular weight is 128 g/mol. The highest BCUT2D eigenvalue weighted by molar-refractivity contribution is 4.80. The lowest BCUT2D eigenvalue weighted by molar-refractivity contribution is -0.118. The number of hydrogen-bond acceptors (Lipinski definition) is 3. The van der Waals surface area contributed by atoms with Crippen LogP contribution in [-0.4, -0.2) is 18.4 Å². The van der Waals surface area contributed by atoms with Gasteiger partial charge in [0.25, 0.3) is 0 Å². The average Bonchev–Trinajstić information content (AvgIpc) is 2.33. The molecule has 1 radical (unpaired) electrons. The van der Waals surface area contributed by atoms with Crippen LogP contribution in [0.15, 0.2) is 0 Å². The van der Waals surface area contributed by atoms with Crippen LogP contribution in [0.3, 0.4) is 0 Å². The molecule has 2 heterocycles.